The lowest BCUT2D eigenvalue weighted by molar-refractivity contribution is 0.449. The van der Waals surface area contributed by atoms with E-state index in [1.165, 1.54) is 31.2 Å². The number of benzene rings is 1. The summed E-state index contributed by atoms with van der Waals surface area (Å²) in [5.74, 6) is 0.741. The van der Waals surface area contributed by atoms with Crippen molar-refractivity contribution in [2.75, 3.05) is 0 Å². The number of hydrogen-bond acceptors (Lipinski definition) is 1. The number of hydrogen-bond donors (Lipinski definition) is 0. The minimum absolute atomic E-state index is 0.655. The molecule has 0 saturated carbocycles. The quantitative estimate of drug-likeness (QED) is 0.699. The third-order valence-electron chi connectivity index (χ3n) is 3.03. The maximum Gasteiger partial charge on any atom is 0.0998 e. The second kappa shape index (κ2) is 7.06. The Labute approximate surface area is 99.1 Å². The lowest BCUT2D eigenvalue weighted by Crippen LogP contribution is -2.03. The predicted molar refractivity (Wildman–Crippen MR) is 67.0 cm³/mol. The fourth-order valence-corrected chi connectivity index (χ4v) is 1.96. The lowest BCUT2D eigenvalue weighted by Gasteiger charge is -2.14. The summed E-state index contributed by atoms with van der Waals surface area (Å²) in [5.41, 5.74) is 1.84. The van der Waals surface area contributed by atoms with Gasteiger partial charge in [0.25, 0.3) is 0 Å². The van der Waals surface area contributed by atoms with Crippen LogP contribution in [0.25, 0.3) is 0 Å². The summed E-state index contributed by atoms with van der Waals surface area (Å²) in [4.78, 5) is 0. The zero-order valence-corrected chi connectivity index (χ0v) is 10.3. The molecule has 1 unspecified atom stereocenters. The molecule has 0 N–H and O–H groups in total. The summed E-state index contributed by atoms with van der Waals surface area (Å²) < 4.78 is 0. The van der Waals surface area contributed by atoms with Gasteiger partial charge >= 0.3 is 0 Å². The largest absolute Gasteiger partial charge is 0.192 e. The molecule has 0 fully saturated rings. The van der Waals surface area contributed by atoms with Crippen molar-refractivity contribution in [3.63, 3.8) is 0 Å². The van der Waals surface area contributed by atoms with Gasteiger partial charge in [0.15, 0.2) is 0 Å². The van der Waals surface area contributed by atoms with Gasteiger partial charge < -0.3 is 0 Å². The molecular weight excluding hydrogens is 194 g/mol. The molecule has 1 nitrogen and oxygen atoms in total. The molecule has 1 rings (SSSR count). The summed E-state index contributed by atoms with van der Waals surface area (Å²) in [6.07, 6.45) is 6.13. The van der Waals surface area contributed by atoms with Crippen LogP contribution in [-0.4, -0.2) is 0 Å². The van der Waals surface area contributed by atoms with Crippen LogP contribution in [0.1, 0.15) is 50.7 Å². The Balaban J connectivity index is 2.59. The van der Waals surface area contributed by atoms with Crippen molar-refractivity contribution in [2.24, 2.45) is 5.92 Å². The molecule has 85 valence electrons. The zero-order valence-electron chi connectivity index (χ0n) is 10.3. The van der Waals surface area contributed by atoms with E-state index in [0.29, 0.717) is 5.56 Å². The molecule has 1 radical (unpaired) electrons. The van der Waals surface area contributed by atoms with Gasteiger partial charge in [-0.05, 0) is 24.0 Å². The smallest absolute Gasteiger partial charge is 0.0998 e. The highest BCUT2D eigenvalue weighted by atomic mass is 14.2. The van der Waals surface area contributed by atoms with Gasteiger partial charge in [-0.1, -0.05) is 51.7 Å². The van der Waals surface area contributed by atoms with Crippen LogP contribution in [0.5, 0.6) is 0 Å². The second-order valence-corrected chi connectivity index (χ2v) is 4.32. The van der Waals surface area contributed by atoms with Gasteiger partial charge in [0.05, 0.1) is 11.6 Å². The van der Waals surface area contributed by atoms with E-state index < -0.39 is 0 Å². The Morgan fingerprint density at radius 1 is 1.38 bits per heavy atom. The van der Waals surface area contributed by atoms with Crippen LogP contribution < -0.4 is 0 Å². The number of unbranched alkanes of at least 4 members (excludes halogenated alkanes) is 1. The van der Waals surface area contributed by atoms with E-state index in [2.05, 4.69) is 32.0 Å². The third kappa shape index (κ3) is 4.06. The molecule has 0 aromatic heterocycles. The minimum Gasteiger partial charge on any atom is -0.192 e. The summed E-state index contributed by atoms with van der Waals surface area (Å²) >= 11 is 0. The standard InChI is InChI=1S/C15H20N/c1-3-5-7-13(4-2)10-14-8-6-9-15(11-14)12-16/h6,8-9,13H,3-5,7,10H2,1-2H3. The molecule has 1 heteroatoms. The van der Waals surface area contributed by atoms with Crippen molar-refractivity contribution in [1.29, 1.82) is 5.26 Å². The number of nitriles is 1. The highest BCUT2D eigenvalue weighted by Crippen LogP contribution is 2.18. The first-order chi connectivity index (χ1) is 7.80. The van der Waals surface area contributed by atoms with Crippen LogP contribution in [0.3, 0.4) is 0 Å². The fourth-order valence-electron chi connectivity index (χ4n) is 1.96. The Hall–Kier alpha value is -1.29. The molecule has 1 atom stereocenters. The van der Waals surface area contributed by atoms with Crippen LogP contribution in [0.4, 0.5) is 0 Å². The van der Waals surface area contributed by atoms with Gasteiger partial charge in [0, 0.05) is 6.07 Å². The lowest BCUT2D eigenvalue weighted by atomic mass is 9.91. The first kappa shape index (κ1) is 12.8. The Kier molecular flexibility index (Phi) is 5.64. The summed E-state index contributed by atoms with van der Waals surface area (Å²) in [7, 11) is 0. The van der Waals surface area contributed by atoms with Gasteiger partial charge in [0.1, 0.15) is 0 Å². The van der Waals surface area contributed by atoms with Crippen molar-refractivity contribution < 1.29 is 0 Å². The van der Waals surface area contributed by atoms with E-state index in [4.69, 9.17) is 5.26 Å². The Morgan fingerprint density at radius 2 is 2.19 bits per heavy atom. The summed E-state index contributed by atoms with van der Waals surface area (Å²) in [5, 5.41) is 8.81. The molecule has 0 aliphatic heterocycles. The first-order valence-electron chi connectivity index (χ1n) is 6.21. The Bertz CT molecular complexity index is 349. The molecular formula is C15H20N. The van der Waals surface area contributed by atoms with Crippen molar-refractivity contribution in [2.45, 2.75) is 46.0 Å². The predicted octanol–water partition coefficient (Wildman–Crippen LogP) is 4.12. The van der Waals surface area contributed by atoms with Crippen molar-refractivity contribution in [1.82, 2.24) is 0 Å². The molecule has 1 aromatic carbocycles. The average Bonchev–Trinajstić information content (AvgIpc) is 2.34. The van der Waals surface area contributed by atoms with Crippen molar-refractivity contribution >= 4 is 0 Å². The average molecular weight is 214 g/mol. The highest BCUT2D eigenvalue weighted by molar-refractivity contribution is 5.31. The van der Waals surface area contributed by atoms with Crippen LogP contribution in [0, 0.1) is 23.3 Å². The van der Waals surface area contributed by atoms with E-state index in [0.717, 1.165) is 12.3 Å². The highest BCUT2D eigenvalue weighted by Gasteiger charge is 2.07. The maximum absolute atomic E-state index is 8.81. The molecule has 0 aliphatic carbocycles. The van der Waals surface area contributed by atoms with Gasteiger partial charge in [-0.3, -0.25) is 0 Å². The van der Waals surface area contributed by atoms with Crippen molar-refractivity contribution in [3.8, 4) is 6.07 Å². The molecule has 16 heavy (non-hydrogen) atoms. The SMILES string of the molecule is CCCCC(CC)Cc1[c]c(C#N)ccc1. The van der Waals surface area contributed by atoms with E-state index in [9.17, 15) is 0 Å². The number of nitrogens with zero attached hydrogens (tertiary/aromatic N) is 1. The van der Waals surface area contributed by atoms with Crippen LogP contribution in [-0.2, 0) is 6.42 Å². The van der Waals surface area contributed by atoms with Gasteiger partial charge in [-0.25, -0.2) is 0 Å². The molecule has 1 aromatic rings. The van der Waals surface area contributed by atoms with Gasteiger partial charge in [-0.15, -0.1) is 0 Å². The molecule has 0 bridgehead atoms. The third-order valence-corrected chi connectivity index (χ3v) is 3.03. The molecule has 0 heterocycles. The molecule has 0 aliphatic rings. The second-order valence-electron chi connectivity index (χ2n) is 4.32. The van der Waals surface area contributed by atoms with E-state index in [1.54, 1.807) is 0 Å². The van der Waals surface area contributed by atoms with Crippen LogP contribution >= 0.6 is 0 Å². The van der Waals surface area contributed by atoms with Crippen molar-refractivity contribution in [3.05, 3.63) is 35.4 Å². The van der Waals surface area contributed by atoms with Gasteiger partial charge in [-0.2, -0.15) is 5.26 Å². The van der Waals surface area contributed by atoms with E-state index in [-0.39, 0.29) is 0 Å². The molecule has 0 saturated heterocycles. The summed E-state index contributed by atoms with van der Waals surface area (Å²) in [6.45, 7) is 4.48. The zero-order chi connectivity index (χ0) is 11.8. The van der Waals surface area contributed by atoms with E-state index in [1.807, 2.05) is 12.1 Å². The Morgan fingerprint density at radius 3 is 2.81 bits per heavy atom. The monoisotopic (exact) mass is 214 g/mol. The van der Waals surface area contributed by atoms with E-state index >= 15 is 0 Å². The van der Waals surface area contributed by atoms with Gasteiger partial charge in [0.2, 0.25) is 0 Å². The number of rotatable bonds is 6. The van der Waals surface area contributed by atoms with Crippen LogP contribution in [0.15, 0.2) is 18.2 Å². The van der Waals surface area contributed by atoms with Crippen LogP contribution in [0.2, 0.25) is 0 Å². The fraction of sp³-hybridized carbons (Fsp3) is 0.533. The maximum atomic E-state index is 8.81. The topological polar surface area (TPSA) is 23.8 Å². The molecule has 0 spiro atoms. The normalized spacial score (nSPS) is 12.1. The molecule has 0 amide bonds. The summed E-state index contributed by atoms with van der Waals surface area (Å²) in [6, 6.07) is 11.2. The minimum atomic E-state index is 0.655. The first-order valence-corrected chi connectivity index (χ1v) is 6.21.